The van der Waals surface area contributed by atoms with Crippen LogP contribution in [0, 0.1) is 5.92 Å². The van der Waals surface area contributed by atoms with Gasteiger partial charge in [0.2, 0.25) is 0 Å². The Morgan fingerprint density at radius 2 is 2.29 bits per heavy atom. The average Bonchev–Trinajstić information content (AvgIpc) is 2.30. The van der Waals surface area contributed by atoms with Gasteiger partial charge in [-0.25, -0.2) is 4.98 Å². The Kier molecular flexibility index (Phi) is 4.00. The summed E-state index contributed by atoms with van der Waals surface area (Å²) in [5, 5.41) is 0. The monoisotopic (exact) mass is 233 g/mol. The minimum absolute atomic E-state index is 0.472. The predicted octanol–water partition coefficient (Wildman–Crippen LogP) is 2.85. The Hall–Kier alpha value is -1.09. The van der Waals surface area contributed by atoms with E-state index in [1.807, 2.05) is 6.07 Å². The van der Waals surface area contributed by atoms with Crippen LogP contribution in [0.1, 0.15) is 44.7 Å². The minimum Gasteiger partial charge on any atom is -0.383 e. The topological polar surface area (TPSA) is 42.2 Å². The molecule has 1 saturated heterocycles. The first kappa shape index (κ1) is 12.4. The average molecular weight is 233 g/mol. The highest BCUT2D eigenvalue weighted by atomic mass is 15.2. The summed E-state index contributed by atoms with van der Waals surface area (Å²) in [5.41, 5.74) is 7.22. The van der Waals surface area contributed by atoms with Gasteiger partial charge in [-0.1, -0.05) is 26.3 Å². The number of aromatic nitrogens is 1. The van der Waals surface area contributed by atoms with Crippen molar-refractivity contribution in [1.29, 1.82) is 0 Å². The number of nitrogens with two attached hydrogens (primary N) is 1. The normalized spacial score (nSPS) is 21.9. The molecule has 3 heteroatoms. The third kappa shape index (κ3) is 2.97. The Balaban J connectivity index is 2.19. The first-order chi connectivity index (χ1) is 8.18. The lowest BCUT2D eigenvalue weighted by Gasteiger charge is -2.37. The van der Waals surface area contributed by atoms with Crippen LogP contribution < -0.4 is 5.73 Å². The van der Waals surface area contributed by atoms with E-state index in [9.17, 15) is 0 Å². The van der Waals surface area contributed by atoms with Crippen LogP contribution in [-0.4, -0.2) is 23.0 Å². The highest BCUT2D eigenvalue weighted by Gasteiger charge is 2.25. The van der Waals surface area contributed by atoms with E-state index in [2.05, 4.69) is 29.8 Å². The van der Waals surface area contributed by atoms with Crippen molar-refractivity contribution in [3.05, 3.63) is 23.9 Å². The van der Waals surface area contributed by atoms with E-state index in [-0.39, 0.29) is 0 Å². The molecule has 2 N–H and O–H groups in total. The van der Waals surface area contributed by atoms with Crippen LogP contribution in [0.4, 0.5) is 5.82 Å². The molecule has 94 valence electrons. The van der Waals surface area contributed by atoms with Crippen molar-refractivity contribution in [2.45, 2.75) is 39.2 Å². The molecule has 0 saturated carbocycles. The highest BCUT2D eigenvalue weighted by Crippen LogP contribution is 2.33. The summed E-state index contributed by atoms with van der Waals surface area (Å²) < 4.78 is 0. The van der Waals surface area contributed by atoms with Crippen molar-refractivity contribution in [2.75, 3.05) is 18.8 Å². The zero-order valence-corrected chi connectivity index (χ0v) is 10.9. The zero-order chi connectivity index (χ0) is 12.3. The van der Waals surface area contributed by atoms with Gasteiger partial charge < -0.3 is 5.73 Å². The first-order valence-electron chi connectivity index (χ1n) is 6.63. The number of hydrogen-bond donors (Lipinski definition) is 1. The van der Waals surface area contributed by atoms with E-state index in [0.717, 1.165) is 6.54 Å². The molecule has 1 aromatic rings. The van der Waals surface area contributed by atoms with Crippen LogP contribution in [0.25, 0.3) is 0 Å². The second-order valence-electron chi connectivity index (χ2n) is 5.38. The standard InChI is InChI=1S/C14H23N3/c1-11(2)10-17-9-4-3-7-13(17)12-6-5-8-16-14(12)15/h5-6,8,11,13H,3-4,7,9-10H2,1-2H3,(H2,15,16)/t13-/m1/s1. The lowest BCUT2D eigenvalue weighted by molar-refractivity contribution is 0.132. The van der Waals surface area contributed by atoms with Crippen LogP contribution in [-0.2, 0) is 0 Å². The molecule has 3 nitrogen and oxygen atoms in total. The maximum atomic E-state index is 6.01. The summed E-state index contributed by atoms with van der Waals surface area (Å²) in [7, 11) is 0. The molecule has 0 radical (unpaired) electrons. The number of rotatable bonds is 3. The molecule has 0 spiro atoms. The van der Waals surface area contributed by atoms with Gasteiger partial charge in [0.15, 0.2) is 0 Å². The number of piperidine rings is 1. The largest absolute Gasteiger partial charge is 0.383 e. The molecular formula is C14H23N3. The van der Waals surface area contributed by atoms with Crippen molar-refractivity contribution in [3.8, 4) is 0 Å². The zero-order valence-electron chi connectivity index (χ0n) is 10.9. The van der Waals surface area contributed by atoms with Gasteiger partial charge in [0.05, 0.1) is 0 Å². The molecule has 0 aromatic carbocycles. The van der Waals surface area contributed by atoms with Crippen molar-refractivity contribution in [3.63, 3.8) is 0 Å². The van der Waals surface area contributed by atoms with Gasteiger partial charge >= 0.3 is 0 Å². The molecule has 0 unspecified atom stereocenters. The van der Waals surface area contributed by atoms with Crippen molar-refractivity contribution in [1.82, 2.24) is 9.88 Å². The number of nitrogens with zero attached hydrogens (tertiary/aromatic N) is 2. The van der Waals surface area contributed by atoms with Crippen LogP contribution in [0.2, 0.25) is 0 Å². The fourth-order valence-electron chi connectivity index (χ4n) is 2.74. The molecule has 1 aromatic heterocycles. The second kappa shape index (κ2) is 5.50. The summed E-state index contributed by atoms with van der Waals surface area (Å²) in [6.45, 7) is 6.90. The fraction of sp³-hybridized carbons (Fsp3) is 0.643. The quantitative estimate of drug-likeness (QED) is 0.873. The van der Waals surface area contributed by atoms with E-state index in [1.165, 1.54) is 31.4 Å². The van der Waals surface area contributed by atoms with Crippen molar-refractivity contribution >= 4 is 5.82 Å². The Bertz CT molecular complexity index is 362. The summed E-state index contributed by atoms with van der Waals surface area (Å²) in [5.74, 6) is 1.40. The lowest BCUT2D eigenvalue weighted by atomic mass is 9.94. The SMILES string of the molecule is CC(C)CN1CCCC[C@@H]1c1cccnc1N. The predicted molar refractivity (Wildman–Crippen MR) is 71.7 cm³/mol. The van der Waals surface area contributed by atoms with E-state index >= 15 is 0 Å². The summed E-state index contributed by atoms with van der Waals surface area (Å²) in [4.78, 5) is 6.79. The molecule has 17 heavy (non-hydrogen) atoms. The molecule has 1 fully saturated rings. The lowest BCUT2D eigenvalue weighted by Crippen LogP contribution is -2.36. The van der Waals surface area contributed by atoms with Crippen LogP contribution >= 0.6 is 0 Å². The van der Waals surface area contributed by atoms with Crippen molar-refractivity contribution in [2.24, 2.45) is 5.92 Å². The Morgan fingerprint density at radius 3 is 3.00 bits per heavy atom. The van der Waals surface area contributed by atoms with Gasteiger partial charge in [0, 0.05) is 24.3 Å². The summed E-state index contributed by atoms with van der Waals surface area (Å²) in [6.07, 6.45) is 5.59. The maximum absolute atomic E-state index is 6.01. The van der Waals surface area contributed by atoms with E-state index < -0.39 is 0 Å². The van der Waals surface area contributed by atoms with Crippen LogP contribution in [0.5, 0.6) is 0 Å². The first-order valence-corrected chi connectivity index (χ1v) is 6.63. The molecule has 1 aliphatic rings. The minimum atomic E-state index is 0.472. The molecule has 0 amide bonds. The Labute approximate surface area is 104 Å². The van der Waals surface area contributed by atoms with Gasteiger partial charge in [0.25, 0.3) is 0 Å². The van der Waals surface area contributed by atoms with E-state index in [1.54, 1.807) is 6.20 Å². The van der Waals surface area contributed by atoms with Crippen LogP contribution in [0.15, 0.2) is 18.3 Å². The van der Waals surface area contributed by atoms with Gasteiger partial charge in [-0.2, -0.15) is 0 Å². The maximum Gasteiger partial charge on any atom is 0.128 e. The molecule has 0 aliphatic carbocycles. The number of nitrogen functional groups attached to an aromatic ring is 1. The molecule has 0 bridgehead atoms. The number of likely N-dealkylation sites (tertiary alicyclic amines) is 1. The fourth-order valence-corrected chi connectivity index (χ4v) is 2.74. The third-order valence-corrected chi connectivity index (χ3v) is 3.44. The second-order valence-corrected chi connectivity index (χ2v) is 5.38. The Morgan fingerprint density at radius 1 is 1.47 bits per heavy atom. The highest BCUT2D eigenvalue weighted by molar-refractivity contribution is 5.41. The number of pyridine rings is 1. The smallest absolute Gasteiger partial charge is 0.128 e. The molecule has 2 rings (SSSR count). The number of anilines is 1. The molecule has 1 aliphatic heterocycles. The van der Waals surface area contributed by atoms with Gasteiger partial charge in [0.1, 0.15) is 5.82 Å². The van der Waals surface area contributed by atoms with E-state index in [0.29, 0.717) is 17.8 Å². The summed E-state index contributed by atoms with van der Waals surface area (Å²) in [6, 6.07) is 4.60. The molecule has 2 heterocycles. The van der Waals surface area contributed by atoms with Crippen LogP contribution in [0.3, 0.4) is 0 Å². The molecular weight excluding hydrogens is 210 g/mol. The summed E-state index contributed by atoms with van der Waals surface area (Å²) >= 11 is 0. The van der Waals surface area contributed by atoms with Gasteiger partial charge in [-0.15, -0.1) is 0 Å². The molecule has 1 atom stereocenters. The van der Waals surface area contributed by atoms with E-state index in [4.69, 9.17) is 5.73 Å². The van der Waals surface area contributed by atoms with Crippen molar-refractivity contribution < 1.29 is 0 Å². The van der Waals surface area contributed by atoms with Gasteiger partial charge in [-0.3, -0.25) is 4.90 Å². The third-order valence-electron chi connectivity index (χ3n) is 3.44. The number of hydrogen-bond acceptors (Lipinski definition) is 3. The van der Waals surface area contributed by atoms with Gasteiger partial charge in [-0.05, 0) is 31.4 Å².